The molecule has 0 aromatic heterocycles. The molecule has 1 aliphatic carbocycles. The molecule has 0 unspecified atom stereocenters. The van der Waals surface area contributed by atoms with Gasteiger partial charge in [0, 0.05) is 4.47 Å². The Hall–Kier alpha value is -0.340. The first-order chi connectivity index (χ1) is 8.83. The second-order valence-corrected chi connectivity index (χ2v) is 6.67. The summed E-state index contributed by atoms with van der Waals surface area (Å²) in [5.74, 6) is 0.889. The molecule has 1 saturated heterocycles. The fourth-order valence-corrected chi connectivity index (χ4v) is 4.16. The van der Waals surface area contributed by atoms with Crippen molar-refractivity contribution in [3.8, 4) is 0 Å². The van der Waals surface area contributed by atoms with Crippen LogP contribution in [-0.2, 0) is 19.3 Å². The fraction of sp³-hybridized carbons (Fsp3) is 0.625. The van der Waals surface area contributed by atoms with Crippen molar-refractivity contribution in [3.63, 3.8) is 0 Å². The van der Waals surface area contributed by atoms with E-state index in [4.69, 9.17) is 0 Å². The SMILES string of the molecule is Brc1cc(CC2CCNCC2)cc2c1CCCC2. The normalized spacial score (nSPS) is 20.7. The lowest BCUT2D eigenvalue weighted by atomic mass is 9.86. The molecule has 0 saturated carbocycles. The zero-order valence-corrected chi connectivity index (χ0v) is 12.6. The van der Waals surface area contributed by atoms with E-state index in [2.05, 4.69) is 33.4 Å². The Bertz CT molecular complexity index is 421. The van der Waals surface area contributed by atoms with Gasteiger partial charge in [-0.15, -0.1) is 0 Å². The minimum atomic E-state index is 0.889. The van der Waals surface area contributed by atoms with Gasteiger partial charge >= 0.3 is 0 Å². The third kappa shape index (κ3) is 2.80. The van der Waals surface area contributed by atoms with Crippen LogP contribution in [0.2, 0.25) is 0 Å². The minimum absolute atomic E-state index is 0.889. The molecular weight excluding hydrogens is 286 g/mol. The molecule has 2 heteroatoms. The smallest absolute Gasteiger partial charge is 0.0212 e. The van der Waals surface area contributed by atoms with Crippen molar-refractivity contribution in [3.05, 3.63) is 33.3 Å². The molecule has 3 rings (SSSR count). The second-order valence-electron chi connectivity index (χ2n) is 5.82. The molecule has 0 spiro atoms. The van der Waals surface area contributed by atoms with E-state index in [1.165, 1.54) is 62.5 Å². The average molecular weight is 308 g/mol. The first kappa shape index (κ1) is 12.7. The van der Waals surface area contributed by atoms with Crippen LogP contribution in [0.1, 0.15) is 42.4 Å². The number of nitrogens with one attached hydrogen (secondary N) is 1. The third-order valence-electron chi connectivity index (χ3n) is 4.45. The van der Waals surface area contributed by atoms with Crippen molar-refractivity contribution >= 4 is 15.9 Å². The maximum Gasteiger partial charge on any atom is 0.0212 e. The number of aryl methyl sites for hydroxylation is 1. The van der Waals surface area contributed by atoms with Gasteiger partial charge < -0.3 is 5.32 Å². The molecule has 1 aromatic rings. The number of fused-ring (bicyclic) bond motifs is 1. The van der Waals surface area contributed by atoms with Gasteiger partial charge in [-0.3, -0.25) is 0 Å². The highest BCUT2D eigenvalue weighted by Gasteiger charge is 2.17. The van der Waals surface area contributed by atoms with E-state index in [0.717, 1.165) is 5.92 Å². The van der Waals surface area contributed by atoms with Crippen molar-refractivity contribution in [2.24, 2.45) is 5.92 Å². The van der Waals surface area contributed by atoms with Gasteiger partial charge in [-0.05, 0) is 86.7 Å². The Kier molecular flexibility index (Phi) is 4.05. The van der Waals surface area contributed by atoms with Gasteiger partial charge in [0.05, 0.1) is 0 Å². The maximum absolute atomic E-state index is 3.79. The van der Waals surface area contributed by atoms with E-state index < -0.39 is 0 Å². The molecule has 0 atom stereocenters. The van der Waals surface area contributed by atoms with Crippen LogP contribution in [-0.4, -0.2) is 13.1 Å². The average Bonchev–Trinajstić information content (AvgIpc) is 2.40. The van der Waals surface area contributed by atoms with Gasteiger partial charge in [0.2, 0.25) is 0 Å². The van der Waals surface area contributed by atoms with Gasteiger partial charge in [-0.1, -0.05) is 22.0 Å². The van der Waals surface area contributed by atoms with E-state index in [1.54, 1.807) is 16.7 Å². The molecular formula is C16H22BrN. The summed E-state index contributed by atoms with van der Waals surface area (Å²) in [6, 6.07) is 4.87. The van der Waals surface area contributed by atoms with Crippen LogP contribution in [0.4, 0.5) is 0 Å². The van der Waals surface area contributed by atoms with Crippen molar-refractivity contribution in [2.75, 3.05) is 13.1 Å². The number of hydrogen-bond acceptors (Lipinski definition) is 1. The van der Waals surface area contributed by atoms with Crippen LogP contribution in [0.15, 0.2) is 16.6 Å². The molecule has 1 N–H and O–H groups in total. The van der Waals surface area contributed by atoms with E-state index in [-0.39, 0.29) is 0 Å². The maximum atomic E-state index is 3.79. The summed E-state index contributed by atoms with van der Waals surface area (Å²) in [5.41, 5.74) is 4.74. The van der Waals surface area contributed by atoms with E-state index in [9.17, 15) is 0 Å². The van der Waals surface area contributed by atoms with Crippen LogP contribution < -0.4 is 5.32 Å². The minimum Gasteiger partial charge on any atom is -0.317 e. The number of benzene rings is 1. The highest BCUT2D eigenvalue weighted by atomic mass is 79.9. The predicted molar refractivity (Wildman–Crippen MR) is 80.1 cm³/mol. The Morgan fingerprint density at radius 1 is 1.11 bits per heavy atom. The molecule has 1 aliphatic heterocycles. The lowest BCUT2D eigenvalue weighted by molar-refractivity contribution is 0.372. The van der Waals surface area contributed by atoms with Crippen LogP contribution >= 0.6 is 15.9 Å². The summed E-state index contributed by atoms with van der Waals surface area (Å²) in [6.45, 7) is 2.41. The van der Waals surface area contributed by atoms with Gasteiger partial charge in [-0.2, -0.15) is 0 Å². The van der Waals surface area contributed by atoms with Gasteiger partial charge in [0.25, 0.3) is 0 Å². The monoisotopic (exact) mass is 307 g/mol. The summed E-state index contributed by atoms with van der Waals surface area (Å²) in [7, 11) is 0. The van der Waals surface area contributed by atoms with E-state index in [1.807, 2.05) is 0 Å². The predicted octanol–water partition coefficient (Wildman–Crippen LogP) is 3.87. The Labute approximate surface area is 118 Å². The molecule has 1 aromatic carbocycles. The first-order valence-electron chi connectivity index (χ1n) is 7.34. The summed E-state index contributed by atoms with van der Waals surface area (Å²) in [5, 5.41) is 3.45. The molecule has 98 valence electrons. The molecule has 2 aliphatic rings. The number of halogens is 1. The molecule has 0 bridgehead atoms. The van der Waals surface area contributed by atoms with Crippen LogP contribution in [0.3, 0.4) is 0 Å². The standard InChI is InChI=1S/C16H22BrN/c17-16-11-13(9-12-5-7-18-8-6-12)10-14-3-1-2-4-15(14)16/h10-12,18H,1-9H2. The van der Waals surface area contributed by atoms with E-state index >= 15 is 0 Å². The lowest BCUT2D eigenvalue weighted by Gasteiger charge is -2.24. The second kappa shape index (κ2) is 5.75. The third-order valence-corrected chi connectivity index (χ3v) is 5.16. The molecule has 1 nitrogen and oxygen atoms in total. The molecule has 1 fully saturated rings. The van der Waals surface area contributed by atoms with Gasteiger partial charge in [-0.25, -0.2) is 0 Å². The Balaban J connectivity index is 1.77. The zero-order valence-electron chi connectivity index (χ0n) is 11.0. The fourth-order valence-electron chi connectivity index (χ4n) is 3.41. The highest BCUT2D eigenvalue weighted by Crippen LogP contribution is 2.31. The number of hydrogen-bond donors (Lipinski definition) is 1. The molecule has 0 amide bonds. The summed E-state index contributed by atoms with van der Waals surface area (Å²) < 4.78 is 1.36. The molecule has 18 heavy (non-hydrogen) atoms. The van der Waals surface area contributed by atoms with Crippen LogP contribution in [0.25, 0.3) is 0 Å². The van der Waals surface area contributed by atoms with Gasteiger partial charge in [0.15, 0.2) is 0 Å². The molecule has 1 heterocycles. The quantitative estimate of drug-likeness (QED) is 0.874. The highest BCUT2D eigenvalue weighted by molar-refractivity contribution is 9.10. The Morgan fingerprint density at radius 3 is 2.72 bits per heavy atom. The summed E-state index contributed by atoms with van der Waals surface area (Å²) in [4.78, 5) is 0. The van der Waals surface area contributed by atoms with E-state index in [0.29, 0.717) is 0 Å². The summed E-state index contributed by atoms with van der Waals surface area (Å²) >= 11 is 3.79. The van der Waals surface area contributed by atoms with Crippen molar-refractivity contribution in [1.82, 2.24) is 5.32 Å². The van der Waals surface area contributed by atoms with Crippen molar-refractivity contribution < 1.29 is 0 Å². The van der Waals surface area contributed by atoms with Crippen molar-refractivity contribution in [1.29, 1.82) is 0 Å². The summed E-state index contributed by atoms with van der Waals surface area (Å²) in [6.07, 6.45) is 9.24. The number of rotatable bonds is 2. The van der Waals surface area contributed by atoms with Gasteiger partial charge in [0.1, 0.15) is 0 Å². The zero-order chi connectivity index (χ0) is 12.4. The first-order valence-corrected chi connectivity index (χ1v) is 8.13. The lowest BCUT2D eigenvalue weighted by Crippen LogP contribution is -2.28. The Morgan fingerprint density at radius 2 is 1.89 bits per heavy atom. The molecule has 0 radical (unpaired) electrons. The van der Waals surface area contributed by atoms with Crippen LogP contribution in [0, 0.1) is 5.92 Å². The number of piperidine rings is 1. The topological polar surface area (TPSA) is 12.0 Å². The van der Waals surface area contributed by atoms with Crippen molar-refractivity contribution in [2.45, 2.75) is 44.9 Å². The largest absolute Gasteiger partial charge is 0.317 e. The van der Waals surface area contributed by atoms with Crippen LogP contribution in [0.5, 0.6) is 0 Å².